The summed E-state index contributed by atoms with van der Waals surface area (Å²) >= 11 is 5.55. The van der Waals surface area contributed by atoms with Gasteiger partial charge in [0.2, 0.25) is 0 Å². The molecule has 0 unspecified atom stereocenters. The fourth-order valence-electron chi connectivity index (χ4n) is 3.31. The summed E-state index contributed by atoms with van der Waals surface area (Å²) in [4.78, 5) is 28.3. The van der Waals surface area contributed by atoms with Crippen LogP contribution in [0, 0.1) is 10.5 Å². The van der Waals surface area contributed by atoms with Gasteiger partial charge in [-0.25, -0.2) is 9.18 Å². The quantitative estimate of drug-likeness (QED) is 0.377. The zero-order chi connectivity index (χ0) is 22.1. The van der Waals surface area contributed by atoms with E-state index in [9.17, 15) is 19.1 Å². The Morgan fingerprint density at radius 1 is 1.19 bits per heavy atom. The van der Waals surface area contributed by atoms with Crippen molar-refractivity contribution in [1.29, 1.82) is 0 Å². The highest BCUT2D eigenvalue weighted by atomic mass is 32.1. The van der Waals surface area contributed by atoms with Gasteiger partial charge in [0.25, 0.3) is 5.56 Å². The summed E-state index contributed by atoms with van der Waals surface area (Å²) in [5.74, 6) is -0.925. The van der Waals surface area contributed by atoms with Crippen LogP contribution in [0.5, 0.6) is 5.75 Å². The molecule has 0 aliphatic carbocycles. The zero-order valence-corrected chi connectivity index (χ0v) is 17.2. The number of aromatic hydroxyl groups is 1. The number of phenols is 1. The normalized spacial score (nSPS) is 11.7. The third-order valence-corrected chi connectivity index (χ3v) is 5.19. The first-order chi connectivity index (χ1) is 14.9. The van der Waals surface area contributed by atoms with E-state index < -0.39 is 17.3 Å². The molecule has 2 aromatic heterocycles. The van der Waals surface area contributed by atoms with E-state index in [1.54, 1.807) is 31.3 Å². The van der Waals surface area contributed by atoms with Crippen molar-refractivity contribution in [3.63, 3.8) is 0 Å². The molecule has 0 bridgehead atoms. The largest absolute Gasteiger partial charge is 0.508 e. The number of hydrogen-bond acceptors (Lipinski definition) is 5. The van der Waals surface area contributed by atoms with Crippen molar-refractivity contribution >= 4 is 29.9 Å². The number of aromatic amines is 1. The number of nitrogens with zero attached hydrogens (tertiary/aromatic N) is 1. The maximum absolute atomic E-state index is 13.4. The molecule has 2 heterocycles. The van der Waals surface area contributed by atoms with Crippen LogP contribution in [0.1, 0.15) is 22.8 Å². The van der Waals surface area contributed by atoms with Crippen LogP contribution in [0.15, 0.2) is 59.5 Å². The number of esters is 1. The lowest BCUT2D eigenvalue weighted by atomic mass is 10.0. The molecule has 0 spiro atoms. The summed E-state index contributed by atoms with van der Waals surface area (Å²) in [6.45, 7) is 1.83. The average molecular weight is 436 g/mol. The maximum Gasteiger partial charge on any atom is 0.342 e. The van der Waals surface area contributed by atoms with Gasteiger partial charge in [-0.05, 0) is 48.4 Å². The molecule has 6 nitrogen and oxygen atoms in total. The molecule has 0 saturated carbocycles. The smallest absolute Gasteiger partial charge is 0.342 e. The molecular weight excluding hydrogens is 419 g/mol. The molecule has 8 heteroatoms. The summed E-state index contributed by atoms with van der Waals surface area (Å²) in [7, 11) is 0. The van der Waals surface area contributed by atoms with Gasteiger partial charge in [-0.15, -0.1) is 0 Å². The van der Waals surface area contributed by atoms with Crippen LogP contribution in [0.3, 0.4) is 0 Å². The predicted molar refractivity (Wildman–Crippen MR) is 117 cm³/mol. The maximum atomic E-state index is 13.4. The number of halogens is 1. The average Bonchev–Trinajstić information content (AvgIpc) is 3.12. The van der Waals surface area contributed by atoms with E-state index in [0.29, 0.717) is 16.7 Å². The van der Waals surface area contributed by atoms with Crippen LogP contribution in [0.25, 0.3) is 22.9 Å². The lowest BCUT2D eigenvalue weighted by Gasteiger charge is -2.05. The third-order valence-electron chi connectivity index (χ3n) is 4.77. The molecule has 4 aromatic rings. The van der Waals surface area contributed by atoms with Gasteiger partial charge in [0, 0.05) is 11.8 Å². The Bertz CT molecular complexity index is 1460. The number of rotatable bonds is 4. The molecular formula is C23H17FN2O4S. The molecule has 2 aromatic carbocycles. The molecule has 156 valence electrons. The van der Waals surface area contributed by atoms with Crippen LogP contribution in [-0.4, -0.2) is 27.1 Å². The molecule has 0 aliphatic rings. The van der Waals surface area contributed by atoms with Crippen LogP contribution < -0.4 is 10.8 Å². The van der Waals surface area contributed by atoms with Gasteiger partial charge in [0.1, 0.15) is 27.4 Å². The second kappa shape index (κ2) is 8.16. The standard InChI is InChI=1S/C23H17FN2O4S/c1-2-30-23(29)19-18(14-5-7-15(24)8-6-14)12-26-20(19)25-21(28)17(22(26)31)11-13-3-9-16(27)10-4-13/h3-12,27H,2H2,1H3,(H,25,28). The Morgan fingerprint density at radius 2 is 1.87 bits per heavy atom. The number of benzene rings is 2. The van der Waals surface area contributed by atoms with Crippen molar-refractivity contribution in [3.05, 3.63) is 91.9 Å². The Kier molecular flexibility index (Phi) is 5.39. The van der Waals surface area contributed by atoms with E-state index in [0.717, 1.165) is 0 Å². The van der Waals surface area contributed by atoms with E-state index in [1.807, 2.05) is 0 Å². The molecule has 0 amide bonds. The van der Waals surface area contributed by atoms with Crippen molar-refractivity contribution in [2.24, 2.45) is 0 Å². The fraction of sp³-hybridized carbons (Fsp3) is 0.0870. The summed E-state index contributed by atoms with van der Waals surface area (Å²) in [5.41, 5.74) is 1.59. The minimum Gasteiger partial charge on any atom is -0.508 e. The van der Waals surface area contributed by atoms with Crippen LogP contribution in [0.4, 0.5) is 4.39 Å². The van der Waals surface area contributed by atoms with Crippen LogP contribution in [0.2, 0.25) is 0 Å². The van der Waals surface area contributed by atoms with Gasteiger partial charge < -0.3 is 14.8 Å². The number of H-pyrrole nitrogens is 1. The van der Waals surface area contributed by atoms with Gasteiger partial charge in [0.05, 0.1) is 11.8 Å². The van der Waals surface area contributed by atoms with Crippen molar-refractivity contribution in [1.82, 2.24) is 9.38 Å². The first-order valence-electron chi connectivity index (χ1n) is 9.44. The van der Waals surface area contributed by atoms with Gasteiger partial charge in [-0.2, -0.15) is 0 Å². The van der Waals surface area contributed by atoms with Crippen molar-refractivity contribution < 1.29 is 19.0 Å². The van der Waals surface area contributed by atoms with E-state index >= 15 is 0 Å². The first kappa shape index (κ1) is 20.5. The SMILES string of the molecule is CCOC(=O)c1c(-c2ccc(F)cc2)cn2c(=S)c(=Cc3ccc(O)cc3)c(=O)[nH]c12. The molecule has 4 rings (SSSR count). The number of fused-ring (bicyclic) bond motifs is 1. The number of nitrogens with one attached hydrogen (secondary N) is 1. The molecule has 31 heavy (non-hydrogen) atoms. The number of aromatic nitrogens is 2. The highest BCUT2D eigenvalue weighted by Gasteiger charge is 2.22. The molecule has 0 fully saturated rings. The summed E-state index contributed by atoms with van der Waals surface area (Å²) in [5, 5.41) is 9.68. The minimum absolute atomic E-state index is 0.105. The monoisotopic (exact) mass is 436 g/mol. The lowest BCUT2D eigenvalue weighted by molar-refractivity contribution is 0.0529. The van der Waals surface area contributed by atoms with E-state index in [1.165, 1.54) is 40.8 Å². The number of phenolic OH excluding ortho intramolecular Hbond substituents is 1. The summed E-state index contributed by atoms with van der Waals surface area (Å²) in [6, 6.07) is 12.0. The van der Waals surface area contributed by atoms with Crippen LogP contribution >= 0.6 is 12.2 Å². The Balaban J connectivity index is 2.02. The van der Waals surface area contributed by atoms with E-state index in [4.69, 9.17) is 17.0 Å². The van der Waals surface area contributed by atoms with Gasteiger partial charge in [0.15, 0.2) is 0 Å². The van der Waals surface area contributed by atoms with E-state index in [2.05, 4.69) is 4.98 Å². The highest BCUT2D eigenvalue weighted by molar-refractivity contribution is 7.71. The summed E-state index contributed by atoms with van der Waals surface area (Å²) < 4.78 is 20.3. The Hall–Kier alpha value is -3.78. The number of carbonyl (C=O) groups excluding carboxylic acids is 1. The number of hydrogen-bond donors (Lipinski definition) is 2. The predicted octanol–water partition coefficient (Wildman–Crippen LogP) is 3.59. The lowest BCUT2D eigenvalue weighted by Crippen LogP contribution is -2.30. The Morgan fingerprint density at radius 3 is 2.52 bits per heavy atom. The zero-order valence-electron chi connectivity index (χ0n) is 16.4. The molecule has 0 atom stereocenters. The molecule has 0 radical (unpaired) electrons. The number of carbonyl (C=O) groups is 1. The molecule has 0 aliphatic heterocycles. The third kappa shape index (κ3) is 3.85. The fourth-order valence-corrected chi connectivity index (χ4v) is 3.61. The van der Waals surface area contributed by atoms with Crippen molar-refractivity contribution in [3.8, 4) is 16.9 Å². The topological polar surface area (TPSA) is 83.8 Å². The Labute approximate surface area is 180 Å². The second-order valence-corrected chi connectivity index (χ2v) is 7.16. The van der Waals surface area contributed by atoms with Gasteiger partial charge in [-0.3, -0.25) is 9.20 Å². The summed E-state index contributed by atoms with van der Waals surface area (Å²) in [6.07, 6.45) is 3.23. The van der Waals surface area contributed by atoms with Gasteiger partial charge in [-0.1, -0.05) is 36.5 Å². The second-order valence-electron chi connectivity index (χ2n) is 6.77. The van der Waals surface area contributed by atoms with Crippen molar-refractivity contribution in [2.45, 2.75) is 6.92 Å². The number of ether oxygens (including phenoxy) is 1. The highest BCUT2D eigenvalue weighted by Crippen LogP contribution is 2.28. The van der Waals surface area contributed by atoms with Crippen molar-refractivity contribution in [2.75, 3.05) is 6.61 Å². The van der Waals surface area contributed by atoms with Gasteiger partial charge >= 0.3 is 5.97 Å². The van der Waals surface area contributed by atoms with E-state index in [-0.39, 0.29) is 33.4 Å². The van der Waals surface area contributed by atoms with Crippen LogP contribution in [-0.2, 0) is 4.74 Å². The minimum atomic E-state index is -0.621. The molecule has 2 N–H and O–H groups in total. The first-order valence-corrected chi connectivity index (χ1v) is 9.85. The molecule has 0 saturated heterocycles.